The average molecular weight is 349 g/mol. The van der Waals surface area contributed by atoms with E-state index in [4.69, 9.17) is 6.57 Å². The van der Waals surface area contributed by atoms with Gasteiger partial charge in [0.2, 0.25) is 0 Å². The summed E-state index contributed by atoms with van der Waals surface area (Å²) in [6.07, 6.45) is 0. The molecular formula is C24H19N3. The van der Waals surface area contributed by atoms with Crippen molar-refractivity contribution in [1.29, 1.82) is 5.26 Å². The van der Waals surface area contributed by atoms with E-state index in [2.05, 4.69) is 54.5 Å². The monoisotopic (exact) mass is 349 g/mol. The second-order valence-corrected chi connectivity index (χ2v) is 7.79. The number of hydrogen-bond acceptors (Lipinski definition) is 1. The molecule has 3 nitrogen and oxygen atoms in total. The van der Waals surface area contributed by atoms with Gasteiger partial charge in [0.1, 0.15) is 0 Å². The number of nitrogens with zero attached hydrogens (tertiary/aromatic N) is 3. The topological polar surface area (TPSA) is 33.1 Å². The number of rotatable bonds is 1. The van der Waals surface area contributed by atoms with Crippen LogP contribution in [0.5, 0.6) is 0 Å². The number of nitriles is 1. The van der Waals surface area contributed by atoms with E-state index in [1.54, 1.807) is 0 Å². The molecule has 0 fully saturated rings. The molecule has 4 rings (SSSR count). The smallest absolute Gasteiger partial charge is 0.187 e. The predicted octanol–water partition coefficient (Wildman–Crippen LogP) is 6.50. The van der Waals surface area contributed by atoms with Crippen molar-refractivity contribution in [1.82, 2.24) is 4.57 Å². The van der Waals surface area contributed by atoms with Crippen LogP contribution in [0.3, 0.4) is 0 Å². The van der Waals surface area contributed by atoms with Gasteiger partial charge >= 0.3 is 0 Å². The first-order valence-electron chi connectivity index (χ1n) is 8.89. The lowest BCUT2D eigenvalue weighted by Crippen LogP contribution is -2.10. The van der Waals surface area contributed by atoms with E-state index in [1.807, 2.05) is 42.5 Å². The quantitative estimate of drug-likeness (QED) is 0.361. The van der Waals surface area contributed by atoms with Gasteiger partial charge in [-0.2, -0.15) is 5.26 Å². The Morgan fingerprint density at radius 2 is 1.52 bits per heavy atom. The zero-order valence-electron chi connectivity index (χ0n) is 15.6. The summed E-state index contributed by atoms with van der Waals surface area (Å²) in [4.78, 5) is 3.49. The Morgan fingerprint density at radius 3 is 2.11 bits per heavy atom. The van der Waals surface area contributed by atoms with Crippen LogP contribution in [0.25, 0.3) is 32.3 Å². The van der Waals surface area contributed by atoms with Crippen molar-refractivity contribution in [3.05, 3.63) is 83.2 Å². The summed E-state index contributed by atoms with van der Waals surface area (Å²) < 4.78 is 2.19. The molecule has 27 heavy (non-hydrogen) atoms. The minimum Gasteiger partial charge on any atom is -0.309 e. The van der Waals surface area contributed by atoms with Crippen LogP contribution in [0, 0.1) is 17.9 Å². The van der Waals surface area contributed by atoms with Crippen LogP contribution in [0.15, 0.2) is 60.7 Å². The molecule has 0 unspecified atom stereocenters. The van der Waals surface area contributed by atoms with E-state index >= 15 is 0 Å². The minimum absolute atomic E-state index is 0.0429. The van der Waals surface area contributed by atoms with Gasteiger partial charge in [-0.05, 0) is 41.3 Å². The molecule has 0 radical (unpaired) electrons. The van der Waals surface area contributed by atoms with Crippen molar-refractivity contribution in [2.75, 3.05) is 0 Å². The molecule has 0 aliphatic carbocycles. The first-order valence-corrected chi connectivity index (χ1v) is 8.89. The molecule has 3 heteroatoms. The van der Waals surface area contributed by atoms with Crippen LogP contribution < -0.4 is 0 Å². The molecule has 1 aromatic heterocycles. The second-order valence-electron chi connectivity index (χ2n) is 7.79. The van der Waals surface area contributed by atoms with Gasteiger partial charge < -0.3 is 4.57 Å². The van der Waals surface area contributed by atoms with Gasteiger partial charge in [-0.15, -0.1) is 0 Å². The molecule has 0 atom stereocenters. The molecule has 0 saturated carbocycles. The molecule has 3 aromatic carbocycles. The maximum Gasteiger partial charge on any atom is 0.187 e. The zero-order chi connectivity index (χ0) is 19.2. The summed E-state index contributed by atoms with van der Waals surface area (Å²) in [5.41, 5.74) is 5.67. The Labute approximate surface area is 158 Å². The van der Waals surface area contributed by atoms with E-state index in [0.717, 1.165) is 27.5 Å². The maximum absolute atomic E-state index is 9.36. The third kappa shape index (κ3) is 2.75. The largest absolute Gasteiger partial charge is 0.309 e. The molecule has 4 aromatic rings. The number of hydrogen-bond donors (Lipinski definition) is 0. The highest BCUT2D eigenvalue weighted by molar-refractivity contribution is 6.09. The molecule has 0 spiro atoms. The lowest BCUT2D eigenvalue weighted by molar-refractivity contribution is 0.591. The number of fused-ring (bicyclic) bond motifs is 3. The van der Waals surface area contributed by atoms with Gasteiger partial charge in [-0.1, -0.05) is 51.1 Å². The SMILES string of the molecule is [C-]#[N+]c1ccc(-n2c3cc(C#N)ccc3c3ccc(C(C)(C)C)cc32)cc1. The van der Waals surface area contributed by atoms with E-state index in [1.165, 1.54) is 5.56 Å². The number of aromatic nitrogens is 1. The molecule has 0 N–H and O–H groups in total. The predicted molar refractivity (Wildman–Crippen MR) is 110 cm³/mol. The third-order valence-corrected chi connectivity index (χ3v) is 5.00. The average Bonchev–Trinajstić information content (AvgIpc) is 3.00. The standard InChI is InChI=1S/C24H19N3/c1-24(2,3)17-6-12-21-20-11-5-16(15-25)13-22(20)27(23(21)14-17)19-9-7-18(26-4)8-10-19/h5-14H,1-3H3. The lowest BCUT2D eigenvalue weighted by Gasteiger charge is -2.19. The van der Waals surface area contributed by atoms with Crippen molar-refractivity contribution < 1.29 is 0 Å². The van der Waals surface area contributed by atoms with E-state index < -0.39 is 0 Å². The normalized spacial score (nSPS) is 11.4. The van der Waals surface area contributed by atoms with E-state index in [9.17, 15) is 5.26 Å². The van der Waals surface area contributed by atoms with E-state index in [-0.39, 0.29) is 5.41 Å². The van der Waals surface area contributed by atoms with Crippen molar-refractivity contribution in [3.63, 3.8) is 0 Å². The van der Waals surface area contributed by atoms with Crippen LogP contribution >= 0.6 is 0 Å². The number of benzene rings is 3. The zero-order valence-corrected chi connectivity index (χ0v) is 15.6. The fourth-order valence-electron chi connectivity index (χ4n) is 3.51. The third-order valence-electron chi connectivity index (χ3n) is 5.00. The lowest BCUT2D eigenvalue weighted by atomic mass is 9.86. The second kappa shape index (κ2) is 6.01. The van der Waals surface area contributed by atoms with Crippen LogP contribution in [-0.4, -0.2) is 4.57 Å². The highest BCUT2D eigenvalue weighted by Crippen LogP contribution is 2.35. The van der Waals surface area contributed by atoms with Crippen LogP contribution in [0.4, 0.5) is 5.69 Å². The molecule has 1 heterocycles. The van der Waals surface area contributed by atoms with Crippen molar-refractivity contribution in [2.24, 2.45) is 0 Å². The van der Waals surface area contributed by atoms with Gasteiger partial charge in [-0.3, -0.25) is 0 Å². The fraction of sp³-hybridized carbons (Fsp3) is 0.167. The molecule has 0 aliphatic rings. The van der Waals surface area contributed by atoms with Crippen molar-refractivity contribution >= 4 is 27.5 Å². The molecule has 0 aliphatic heterocycles. The van der Waals surface area contributed by atoms with Gasteiger partial charge in [0, 0.05) is 16.5 Å². The highest BCUT2D eigenvalue weighted by atomic mass is 15.0. The summed E-state index contributed by atoms with van der Waals surface area (Å²) in [6, 6.07) is 22.3. The van der Waals surface area contributed by atoms with Gasteiger partial charge in [0.05, 0.1) is 29.2 Å². The van der Waals surface area contributed by atoms with Gasteiger partial charge in [-0.25, -0.2) is 4.85 Å². The summed E-state index contributed by atoms with van der Waals surface area (Å²) in [6.45, 7) is 13.8. The Morgan fingerprint density at radius 1 is 0.889 bits per heavy atom. The summed E-state index contributed by atoms with van der Waals surface area (Å²) in [5.74, 6) is 0. The summed E-state index contributed by atoms with van der Waals surface area (Å²) in [7, 11) is 0. The summed E-state index contributed by atoms with van der Waals surface area (Å²) >= 11 is 0. The van der Waals surface area contributed by atoms with Gasteiger partial charge in [0.25, 0.3) is 0 Å². The van der Waals surface area contributed by atoms with Crippen LogP contribution in [-0.2, 0) is 5.41 Å². The van der Waals surface area contributed by atoms with Crippen LogP contribution in [0.2, 0.25) is 0 Å². The Bertz CT molecular complexity index is 1250. The molecular weight excluding hydrogens is 330 g/mol. The Hall–Kier alpha value is -3.56. The molecule has 0 amide bonds. The van der Waals surface area contributed by atoms with Crippen LogP contribution in [0.1, 0.15) is 31.9 Å². The molecule has 130 valence electrons. The first-order chi connectivity index (χ1) is 12.9. The van der Waals surface area contributed by atoms with Crippen molar-refractivity contribution in [2.45, 2.75) is 26.2 Å². The Balaban J connectivity index is 2.13. The fourth-order valence-corrected chi connectivity index (χ4v) is 3.51. The molecule has 0 bridgehead atoms. The minimum atomic E-state index is 0.0429. The molecule has 0 saturated heterocycles. The van der Waals surface area contributed by atoms with Crippen molar-refractivity contribution in [3.8, 4) is 11.8 Å². The first kappa shape index (κ1) is 16.9. The summed E-state index contributed by atoms with van der Waals surface area (Å²) in [5, 5.41) is 11.6. The van der Waals surface area contributed by atoms with E-state index in [0.29, 0.717) is 11.3 Å². The Kier molecular flexibility index (Phi) is 3.76. The highest BCUT2D eigenvalue weighted by Gasteiger charge is 2.18. The van der Waals surface area contributed by atoms with Gasteiger partial charge in [0.15, 0.2) is 5.69 Å². The maximum atomic E-state index is 9.36.